The number of likely N-dealkylation sites (tertiary alicyclic amines) is 1. The molecule has 1 fully saturated rings. The number of benzene rings is 2. The predicted octanol–water partition coefficient (Wildman–Crippen LogP) is 3.88. The van der Waals surface area contributed by atoms with E-state index >= 15 is 0 Å². The van der Waals surface area contributed by atoms with E-state index in [1.807, 2.05) is 0 Å². The van der Waals surface area contributed by atoms with Crippen molar-refractivity contribution in [2.24, 2.45) is 0 Å². The van der Waals surface area contributed by atoms with Gasteiger partial charge >= 0.3 is 0 Å². The fourth-order valence-corrected chi connectivity index (χ4v) is 4.97. The number of amides is 1. The van der Waals surface area contributed by atoms with Crippen LogP contribution in [0.5, 0.6) is 0 Å². The molecule has 1 N–H and O–H groups in total. The van der Waals surface area contributed by atoms with E-state index in [2.05, 4.69) is 20.7 Å². The number of hydrogen-bond acceptors (Lipinski definition) is 3. The molecule has 3 rings (SSSR count). The van der Waals surface area contributed by atoms with Gasteiger partial charge in [0.25, 0.3) is 15.9 Å². The number of hydrogen-bond donors (Lipinski definition) is 1. The van der Waals surface area contributed by atoms with Crippen LogP contribution in [0.15, 0.2) is 57.9 Å². The molecule has 5 nitrogen and oxygen atoms in total. The molecule has 2 aromatic carbocycles. The highest BCUT2D eigenvalue weighted by Crippen LogP contribution is 2.26. The number of rotatable bonds is 4. The van der Waals surface area contributed by atoms with Crippen molar-refractivity contribution < 1.29 is 13.2 Å². The van der Waals surface area contributed by atoms with Gasteiger partial charge in [-0.2, -0.15) is 0 Å². The van der Waals surface area contributed by atoms with Crippen LogP contribution in [0, 0.1) is 0 Å². The van der Waals surface area contributed by atoms with E-state index in [-0.39, 0.29) is 10.8 Å². The highest BCUT2D eigenvalue weighted by atomic mass is 79.9. The Morgan fingerprint density at radius 1 is 0.960 bits per heavy atom. The average Bonchev–Trinajstić information content (AvgIpc) is 2.62. The van der Waals surface area contributed by atoms with Gasteiger partial charge in [0.1, 0.15) is 4.90 Å². The molecule has 132 valence electrons. The summed E-state index contributed by atoms with van der Waals surface area (Å²) in [5, 5.41) is 0. The topological polar surface area (TPSA) is 66.5 Å². The molecule has 2 aromatic rings. The third-order valence-corrected chi connectivity index (χ3v) is 6.55. The molecule has 0 aliphatic carbocycles. The van der Waals surface area contributed by atoms with Crippen molar-refractivity contribution in [1.29, 1.82) is 0 Å². The molecule has 0 bridgehead atoms. The maximum absolute atomic E-state index is 12.8. The molecule has 0 unspecified atom stereocenters. The van der Waals surface area contributed by atoms with Gasteiger partial charge in [-0.3, -0.25) is 9.52 Å². The zero-order valence-corrected chi connectivity index (χ0v) is 16.0. The van der Waals surface area contributed by atoms with Crippen LogP contribution in [0.25, 0.3) is 0 Å². The first-order valence-electron chi connectivity index (χ1n) is 8.15. The summed E-state index contributed by atoms with van der Waals surface area (Å²) >= 11 is 3.26. The Bertz CT molecular complexity index is 877. The first kappa shape index (κ1) is 17.9. The predicted molar refractivity (Wildman–Crippen MR) is 101 cm³/mol. The Morgan fingerprint density at radius 3 is 2.32 bits per heavy atom. The summed E-state index contributed by atoms with van der Waals surface area (Å²) in [5.74, 6) is -0.134. The van der Waals surface area contributed by atoms with E-state index in [0.29, 0.717) is 28.8 Å². The second kappa shape index (κ2) is 7.58. The Balaban J connectivity index is 1.91. The SMILES string of the molecule is O=C(c1ccccc1NS(=O)(=O)c1ccccc1Br)N1CCCCC1. The summed E-state index contributed by atoms with van der Waals surface area (Å²) in [4.78, 5) is 14.7. The summed E-state index contributed by atoms with van der Waals surface area (Å²) in [7, 11) is -3.80. The van der Waals surface area contributed by atoms with Gasteiger partial charge in [-0.05, 0) is 59.5 Å². The highest BCUT2D eigenvalue weighted by Gasteiger charge is 2.24. The molecule has 0 aromatic heterocycles. The Hall–Kier alpha value is -1.86. The number of sulfonamides is 1. The zero-order valence-electron chi connectivity index (χ0n) is 13.6. The van der Waals surface area contributed by atoms with E-state index in [9.17, 15) is 13.2 Å². The van der Waals surface area contributed by atoms with Crippen molar-refractivity contribution in [3.63, 3.8) is 0 Å². The first-order valence-corrected chi connectivity index (χ1v) is 10.4. The van der Waals surface area contributed by atoms with Gasteiger partial charge in [-0.15, -0.1) is 0 Å². The monoisotopic (exact) mass is 422 g/mol. The minimum absolute atomic E-state index is 0.134. The van der Waals surface area contributed by atoms with Crippen molar-refractivity contribution in [3.8, 4) is 0 Å². The van der Waals surface area contributed by atoms with E-state index in [0.717, 1.165) is 19.3 Å². The number of halogens is 1. The average molecular weight is 423 g/mol. The van der Waals surface area contributed by atoms with Crippen molar-refractivity contribution in [2.75, 3.05) is 17.8 Å². The number of para-hydroxylation sites is 1. The molecule has 1 heterocycles. The molecule has 0 radical (unpaired) electrons. The molecule has 7 heteroatoms. The van der Waals surface area contributed by atoms with Crippen LogP contribution in [-0.2, 0) is 10.0 Å². The smallest absolute Gasteiger partial charge is 0.263 e. The largest absolute Gasteiger partial charge is 0.339 e. The third kappa shape index (κ3) is 4.04. The fourth-order valence-electron chi connectivity index (χ4n) is 2.89. The minimum Gasteiger partial charge on any atom is -0.339 e. The van der Waals surface area contributed by atoms with Gasteiger partial charge in [0.2, 0.25) is 0 Å². The lowest BCUT2D eigenvalue weighted by Gasteiger charge is -2.27. The van der Waals surface area contributed by atoms with Crippen LogP contribution in [0.1, 0.15) is 29.6 Å². The number of piperidine rings is 1. The minimum atomic E-state index is -3.80. The second-order valence-corrected chi connectivity index (χ2v) is 8.44. The lowest BCUT2D eigenvalue weighted by Crippen LogP contribution is -2.36. The standard InChI is InChI=1S/C18H19BrN2O3S/c19-15-9-3-5-11-17(15)25(23,24)20-16-10-4-2-8-14(16)18(22)21-12-6-1-7-13-21/h2-5,8-11,20H,1,6-7,12-13H2. The summed E-state index contributed by atoms with van der Waals surface area (Å²) in [5.41, 5.74) is 0.675. The van der Waals surface area contributed by atoms with Crippen LogP contribution in [0.4, 0.5) is 5.69 Å². The molecule has 0 spiro atoms. The zero-order chi connectivity index (χ0) is 17.9. The van der Waals surface area contributed by atoms with Gasteiger partial charge in [0.05, 0.1) is 11.3 Å². The molecule has 1 aliphatic heterocycles. The number of carbonyl (C=O) groups excluding carboxylic acids is 1. The van der Waals surface area contributed by atoms with Crippen molar-refractivity contribution >= 4 is 37.5 Å². The lowest BCUT2D eigenvalue weighted by atomic mass is 10.1. The first-order chi connectivity index (χ1) is 12.0. The van der Waals surface area contributed by atoms with Crippen molar-refractivity contribution in [2.45, 2.75) is 24.2 Å². The molecule has 1 aliphatic rings. The van der Waals surface area contributed by atoms with Gasteiger partial charge < -0.3 is 4.90 Å². The van der Waals surface area contributed by atoms with Gasteiger partial charge in [-0.25, -0.2) is 8.42 Å². The quantitative estimate of drug-likeness (QED) is 0.812. The van der Waals surface area contributed by atoms with E-state index in [1.54, 1.807) is 47.4 Å². The summed E-state index contributed by atoms with van der Waals surface area (Å²) in [6, 6.07) is 13.3. The molecule has 0 atom stereocenters. The van der Waals surface area contributed by atoms with Crippen LogP contribution >= 0.6 is 15.9 Å². The molecular weight excluding hydrogens is 404 g/mol. The highest BCUT2D eigenvalue weighted by molar-refractivity contribution is 9.10. The molecule has 0 saturated carbocycles. The van der Waals surface area contributed by atoms with Gasteiger partial charge in [0.15, 0.2) is 0 Å². The van der Waals surface area contributed by atoms with Gasteiger partial charge in [0, 0.05) is 17.6 Å². The maximum Gasteiger partial charge on any atom is 0.263 e. The van der Waals surface area contributed by atoms with Gasteiger partial charge in [-0.1, -0.05) is 24.3 Å². The van der Waals surface area contributed by atoms with E-state index < -0.39 is 10.0 Å². The second-order valence-electron chi connectivity index (χ2n) is 5.93. The Labute approximate surface area is 156 Å². The number of nitrogens with zero attached hydrogens (tertiary/aromatic N) is 1. The van der Waals surface area contributed by atoms with Crippen LogP contribution in [0.2, 0.25) is 0 Å². The summed E-state index contributed by atoms with van der Waals surface area (Å²) in [6.45, 7) is 1.42. The number of carbonyl (C=O) groups is 1. The third-order valence-electron chi connectivity index (χ3n) is 4.17. The van der Waals surface area contributed by atoms with Crippen LogP contribution in [0.3, 0.4) is 0 Å². The Morgan fingerprint density at radius 2 is 1.60 bits per heavy atom. The molecule has 1 saturated heterocycles. The van der Waals surface area contributed by atoms with Crippen LogP contribution < -0.4 is 4.72 Å². The molecule has 1 amide bonds. The summed E-state index contributed by atoms with van der Waals surface area (Å²) in [6.07, 6.45) is 3.09. The normalized spacial score (nSPS) is 15.0. The number of nitrogens with one attached hydrogen (secondary N) is 1. The van der Waals surface area contributed by atoms with Crippen molar-refractivity contribution in [3.05, 3.63) is 58.6 Å². The lowest BCUT2D eigenvalue weighted by molar-refractivity contribution is 0.0725. The van der Waals surface area contributed by atoms with Crippen molar-refractivity contribution in [1.82, 2.24) is 4.90 Å². The molecule has 25 heavy (non-hydrogen) atoms. The maximum atomic E-state index is 12.8. The summed E-state index contributed by atoms with van der Waals surface area (Å²) < 4.78 is 28.4. The van der Waals surface area contributed by atoms with E-state index in [4.69, 9.17) is 0 Å². The molecular formula is C18H19BrN2O3S. The Kier molecular flexibility index (Phi) is 5.44. The fraction of sp³-hybridized carbons (Fsp3) is 0.278. The number of anilines is 1. The van der Waals surface area contributed by atoms with Crippen LogP contribution in [-0.4, -0.2) is 32.3 Å². The van der Waals surface area contributed by atoms with E-state index in [1.165, 1.54) is 6.07 Å².